The second-order valence-electron chi connectivity index (χ2n) is 8.45. The van der Waals surface area contributed by atoms with Crippen molar-refractivity contribution in [1.29, 1.82) is 0 Å². The van der Waals surface area contributed by atoms with Crippen molar-refractivity contribution in [3.8, 4) is 5.75 Å². The summed E-state index contributed by atoms with van der Waals surface area (Å²) in [6.07, 6.45) is 5.45. The molecule has 1 aromatic rings. The lowest BCUT2D eigenvalue weighted by Gasteiger charge is -2.28. The first-order chi connectivity index (χ1) is 14.5. The SMILES string of the molecule is COc1ccc(C(CNC(=O)CN2C(=O)NC3(CCCC3)C2=O)N2CCCC2)cc1. The number of carbonyl (C=O) groups is 3. The van der Waals surface area contributed by atoms with Crippen molar-refractivity contribution in [1.82, 2.24) is 20.4 Å². The van der Waals surface area contributed by atoms with Crippen molar-refractivity contribution in [3.63, 3.8) is 0 Å². The van der Waals surface area contributed by atoms with E-state index in [1.54, 1.807) is 7.11 Å². The number of imide groups is 1. The second kappa shape index (κ2) is 8.63. The summed E-state index contributed by atoms with van der Waals surface area (Å²) in [5.74, 6) is 0.222. The first-order valence-corrected chi connectivity index (χ1v) is 10.8. The molecule has 8 heteroatoms. The fourth-order valence-corrected chi connectivity index (χ4v) is 4.88. The van der Waals surface area contributed by atoms with Crippen LogP contribution in [0.3, 0.4) is 0 Å². The van der Waals surface area contributed by atoms with Gasteiger partial charge < -0.3 is 15.4 Å². The number of likely N-dealkylation sites (tertiary alicyclic amines) is 1. The molecule has 1 spiro atoms. The van der Waals surface area contributed by atoms with E-state index in [2.05, 4.69) is 15.5 Å². The number of hydrogen-bond donors (Lipinski definition) is 2. The molecule has 1 unspecified atom stereocenters. The van der Waals surface area contributed by atoms with Crippen LogP contribution in [0.1, 0.15) is 50.1 Å². The summed E-state index contributed by atoms with van der Waals surface area (Å²) in [5.41, 5.74) is 0.330. The van der Waals surface area contributed by atoms with E-state index in [1.807, 2.05) is 24.3 Å². The molecular weight excluding hydrogens is 384 g/mol. The zero-order valence-electron chi connectivity index (χ0n) is 17.5. The van der Waals surface area contributed by atoms with Crippen LogP contribution in [0.15, 0.2) is 24.3 Å². The lowest BCUT2D eigenvalue weighted by atomic mass is 9.98. The smallest absolute Gasteiger partial charge is 0.325 e. The number of ether oxygens (including phenoxy) is 1. The molecule has 2 N–H and O–H groups in total. The topological polar surface area (TPSA) is 91.0 Å². The predicted molar refractivity (Wildman–Crippen MR) is 111 cm³/mol. The van der Waals surface area contributed by atoms with E-state index < -0.39 is 11.6 Å². The van der Waals surface area contributed by atoms with Gasteiger partial charge in [-0.3, -0.25) is 19.4 Å². The van der Waals surface area contributed by atoms with Crippen LogP contribution in [0.4, 0.5) is 4.79 Å². The highest BCUT2D eigenvalue weighted by molar-refractivity contribution is 6.09. The van der Waals surface area contributed by atoms with Gasteiger partial charge >= 0.3 is 6.03 Å². The number of rotatable bonds is 7. The van der Waals surface area contributed by atoms with Crippen molar-refractivity contribution in [3.05, 3.63) is 29.8 Å². The highest BCUT2D eigenvalue weighted by Crippen LogP contribution is 2.35. The average molecular weight is 415 g/mol. The minimum atomic E-state index is -0.779. The third kappa shape index (κ3) is 4.01. The average Bonchev–Trinajstić information content (AvgIpc) is 3.49. The van der Waals surface area contributed by atoms with Crippen LogP contribution in [0.2, 0.25) is 0 Å². The Hall–Kier alpha value is -2.61. The lowest BCUT2D eigenvalue weighted by molar-refractivity contribution is -0.134. The zero-order valence-corrected chi connectivity index (χ0v) is 17.5. The summed E-state index contributed by atoms with van der Waals surface area (Å²) in [6, 6.07) is 7.49. The molecule has 30 heavy (non-hydrogen) atoms. The number of methoxy groups -OCH3 is 1. The Labute approximate surface area is 176 Å². The summed E-state index contributed by atoms with van der Waals surface area (Å²) in [4.78, 5) is 41.1. The van der Waals surface area contributed by atoms with Gasteiger partial charge in [-0.25, -0.2) is 4.79 Å². The number of benzene rings is 1. The van der Waals surface area contributed by atoms with Crippen molar-refractivity contribution < 1.29 is 19.1 Å². The van der Waals surface area contributed by atoms with Crippen molar-refractivity contribution >= 4 is 17.8 Å². The maximum atomic E-state index is 12.7. The first kappa shape index (κ1) is 20.7. The Morgan fingerprint density at radius 3 is 2.43 bits per heavy atom. The predicted octanol–water partition coefficient (Wildman–Crippen LogP) is 1.81. The van der Waals surface area contributed by atoms with Crippen LogP contribution in [-0.2, 0) is 9.59 Å². The quantitative estimate of drug-likeness (QED) is 0.664. The van der Waals surface area contributed by atoms with E-state index in [0.717, 1.165) is 55.0 Å². The summed E-state index contributed by atoms with van der Waals surface area (Å²) in [7, 11) is 1.64. The van der Waals surface area contributed by atoms with Gasteiger partial charge in [0.05, 0.1) is 13.2 Å². The largest absolute Gasteiger partial charge is 0.497 e. The molecule has 0 aromatic heterocycles. The number of amides is 4. The maximum Gasteiger partial charge on any atom is 0.325 e. The molecule has 0 radical (unpaired) electrons. The van der Waals surface area contributed by atoms with E-state index in [9.17, 15) is 14.4 Å². The fourth-order valence-electron chi connectivity index (χ4n) is 4.88. The van der Waals surface area contributed by atoms with Gasteiger partial charge in [-0.2, -0.15) is 0 Å². The Morgan fingerprint density at radius 2 is 1.80 bits per heavy atom. The highest BCUT2D eigenvalue weighted by Gasteiger charge is 2.52. The number of nitrogens with one attached hydrogen (secondary N) is 2. The highest BCUT2D eigenvalue weighted by atomic mass is 16.5. The maximum absolute atomic E-state index is 12.7. The molecule has 2 saturated heterocycles. The van der Waals surface area contributed by atoms with Gasteiger partial charge in [-0.1, -0.05) is 25.0 Å². The van der Waals surface area contributed by atoms with Crippen molar-refractivity contribution in [2.24, 2.45) is 0 Å². The van der Waals surface area contributed by atoms with Gasteiger partial charge in [0.2, 0.25) is 5.91 Å². The summed E-state index contributed by atoms with van der Waals surface area (Å²) < 4.78 is 5.25. The normalized spacial score (nSPS) is 21.8. The van der Waals surface area contributed by atoms with Crippen LogP contribution in [-0.4, -0.2) is 66.5 Å². The van der Waals surface area contributed by atoms with E-state index >= 15 is 0 Å². The molecule has 3 aliphatic rings. The molecule has 2 heterocycles. The molecule has 1 aromatic carbocycles. The molecule has 0 bridgehead atoms. The fraction of sp³-hybridized carbons (Fsp3) is 0.591. The van der Waals surface area contributed by atoms with Gasteiger partial charge in [-0.05, 0) is 56.5 Å². The number of hydrogen-bond acceptors (Lipinski definition) is 5. The van der Waals surface area contributed by atoms with Crippen LogP contribution in [0.5, 0.6) is 5.75 Å². The molecule has 2 aliphatic heterocycles. The van der Waals surface area contributed by atoms with E-state index in [1.165, 1.54) is 0 Å². The molecule has 3 fully saturated rings. The monoisotopic (exact) mass is 414 g/mol. The molecule has 162 valence electrons. The van der Waals surface area contributed by atoms with E-state index in [-0.39, 0.29) is 24.4 Å². The summed E-state index contributed by atoms with van der Waals surface area (Å²) in [6.45, 7) is 2.17. The summed E-state index contributed by atoms with van der Waals surface area (Å²) >= 11 is 0. The molecular formula is C22H30N4O4. The van der Waals surface area contributed by atoms with Crippen LogP contribution in [0.25, 0.3) is 0 Å². The zero-order chi connectivity index (χ0) is 21.1. The second-order valence-corrected chi connectivity index (χ2v) is 8.45. The van der Waals surface area contributed by atoms with Gasteiger partial charge in [0.1, 0.15) is 17.8 Å². The number of nitrogens with zero attached hydrogens (tertiary/aromatic N) is 2. The minimum absolute atomic E-state index is 0.0478. The number of urea groups is 1. The standard InChI is InChI=1S/C22H30N4O4/c1-30-17-8-6-16(7-9-17)18(25-12-4-5-13-25)14-23-19(27)15-26-20(28)22(24-21(26)29)10-2-3-11-22/h6-9,18H,2-5,10-15H2,1H3,(H,23,27)(H,24,29). The Kier molecular flexibility index (Phi) is 5.94. The minimum Gasteiger partial charge on any atom is -0.497 e. The first-order valence-electron chi connectivity index (χ1n) is 10.8. The van der Waals surface area contributed by atoms with Gasteiger partial charge in [-0.15, -0.1) is 0 Å². The van der Waals surface area contributed by atoms with Gasteiger partial charge in [0.15, 0.2) is 0 Å². The molecule has 4 amide bonds. The molecule has 1 saturated carbocycles. The van der Waals surface area contributed by atoms with Crippen LogP contribution < -0.4 is 15.4 Å². The third-order valence-electron chi connectivity index (χ3n) is 6.58. The van der Waals surface area contributed by atoms with E-state index in [0.29, 0.717) is 19.4 Å². The van der Waals surface area contributed by atoms with Crippen LogP contribution in [0, 0.1) is 0 Å². The van der Waals surface area contributed by atoms with Crippen molar-refractivity contribution in [2.75, 3.05) is 33.3 Å². The van der Waals surface area contributed by atoms with Crippen LogP contribution >= 0.6 is 0 Å². The molecule has 8 nitrogen and oxygen atoms in total. The van der Waals surface area contributed by atoms with Gasteiger partial charge in [0, 0.05) is 6.54 Å². The Morgan fingerprint density at radius 1 is 1.13 bits per heavy atom. The van der Waals surface area contributed by atoms with E-state index in [4.69, 9.17) is 4.74 Å². The summed E-state index contributed by atoms with van der Waals surface area (Å²) in [5, 5.41) is 5.77. The molecule has 1 aliphatic carbocycles. The Balaban J connectivity index is 1.38. The number of carbonyl (C=O) groups excluding carboxylic acids is 3. The third-order valence-corrected chi connectivity index (χ3v) is 6.58. The Bertz CT molecular complexity index is 798. The lowest BCUT2D eigenvalue weighted by Crippen LogP contribution is -2.46. The molecule has 1 atom stereocenters. The van der Waals surface area contributed by atoms with Gasteiger partial charge in [0.25, 0.3) is 5.91 Å². The van der Waals surface area contributed by atoms with Crippen molar-refractivity contribution in [2.45, 2.75) is 50.1 Å². The molecule has 4 rings (SSSR count).